The zero-order valence-corrected chi connectivity index (χ0v) is 15.5. The third-order valence-corrected chi connectivity index (χ3v) is 6.09. The van der Waals surface area contributed by atoms with Crippen molar-refractivity contribution in [2.45, 2.75) is 25.7 Å². The van der Waals surface area contributed by atoms with Crippen molar-refractivity contribution in [3.8, 4) is 16.3 Å². The van der Waals surface area contributed by atoms with Crippen LogP contribution in [-0.2, 0) is 0 Å². The fourth-order valence-electron chi connectivity index (χ4n) is 3.84. The molecular formula is C20H21FN2O2S. The van der Waals surface area contributed by atoms with Gasteiger partial charge < -0.3 is 9.64 Å². The highest BCUT2D eigenvalue weighted by atomic mass is 32.1. The van der Waals surface area contributed by atoms with Gasteiger partial charge in [-0.15, -0.1) is 11.3 Å². The van der Waals surface area contributed by atoms with Gasteiger partial charge in [0.15, 0.2) is 0 Å². The summed E-state index contributed by atoms with van der Waals surface area (Å²) in [4.78, 5) is 19.2. The molecule has 2 heterocycles. The van der Waals surface area contributed by atoms with Gasteiger partial charge in [-0.1, -0.05) is 17.7 Å². The van der Waals surface area contributed by atoms with Crippen LogP contribution in [0.15, 0.2) is 35.2 Å². The van der Waals surface area contributed by atoms with E-state index in [1.807, 2.05) is 4.90 Å². The lowest BCUT2D eigenvalue weighted by Gasteiger charge is -2.36. The molecule has 0 N–H and O–H groups in total. The Morgan fingerprint density at radius 3 is 3.12 bits per heavy atom. The van der Waals surface area contributed by atoms with E-state index in [0.29, 0.717) is 34.5 Å². The number of benzene rings is 1. The van der Waals surface area contributed by atoms with Gasteiger partial charge in [0.1, 0.15) is 22.3 Å². The van der Waals surface area contributed by atoms with Crippen molar-refractivity contribution in [3.05, 3.63) is 46.7 Å². The number of hydrogen-bond donors (Lipinski definition) is 0. The summed E-state index contributed by atoms with van der Waals surface area (Å²) in [6, 6.07) is 4.67. The van der Waals surface area contributed by atoms with Gasteiger partial charge in [0, 0.05) is 18.5 Å². The fourth-order valence-corrected chi connectivity index (χ4v) is 4.69. The Morgan fingerprint density at radius 2 is 2.27 bits per heavy atom. The average molecular weight is 372 g/mol. The summed E-state index contributed by atoms with van der Waals surface area (Å²) < 4.78 is 19.5. The summed E-state index contributed by atoms with van der Waals surface area (Å²) in [5.41, 5.74) is 2.08. The van der Waals surface area contributed by atoms with Crippen molar-refractivity contribution in [2.75, 3.05) is 20.2 Å². The molecule has 1 fully saturated rings. The normalized spacial score (nSPS) is 19.7. The third-order valence-electron chi connectivity index (χ3n) is 5.23. The highest BCUT2D eigenvalue weighted by Crippen LogP contribution is 2.36. The molecular weight excluding hydrogens is 351 g/mol. The van der Waals surface area contributed by atoms with E-state index >= 15 is 0 Å². The van der Waals surface area contributed by atoms with Gasteiger partial charge in [0.05, 0.1) is 12.7 Å². The molecule has 2 aliphatic rings. The minimum Gasteiger partial charge on any atom is -0.496 e. The first-order chi connectivity index (χ1) is 12.7. The number of carbonyl (C=O) groups is 1. The second kappa shape index (κ2) is 7.19. The first-order valence-corrected chi connectivity index (χ1v) is 9.82. The van der Waals surface area contributed by atoms with Crippen LogP contribution >= 0.6 is 11.3 Å². The Kier molecular flexibility index (Phi) is 4.76. The number of amides is 1. The highest BCUT2D eigenvalue weighted by molar-refractivity contribution is 7.13. The van der Waals surface area contributed by atoms with Crippen molar-refractivity contribution in [1.82, 2.24) is 9.88 Å². The second-order valence-corrected chi connectivity index (χ2v) is 7.64. The Labute approximate surface area is 156 Å². The SMILES string of the molecule is COc1cccc(F)c1-c1nc(C(=O)N2CCC3CCCC=C3C2)cs1. The first-order valence-electron chi connectivity index (χ1n) is 8.94. The number of likely N-dealkylation sites (tertiary alicyclic amines) is 1. The van der Waals surface area contributed by atoms with Crippen molar-refractivity contribution >= 4 is 17.2 Å². The van der Waals surface area contributed by atoms with Crippen LogP contribution in [0.1, 0.15) is 36.2 Å². The topological polar surface area (TPSA) is 42.4 Å². The lowest BCUT2D eigenvalue weighted by Crippen LogP contribution is -2.40. The molecule has 1 amide bonds. The molecule has 1 unspecified atom stereocenters. The molecule has 1 aromatic heterocycles. The number of rotatable bonds is 3. The van der Waals surface area contributed by atoms with E-state index in [1.165, 1.54) is 42.9 Å². The third kappa shape index (κ3) is 3.14. The molecule has 6 heteroatoms. The number of aromatic nitrogens is 1. The van der Waals surface area contributed by atoms with Gasteiger partial charge in [0.2, 0.25) is 0 Å². The standard InChI is InChI=1S/C20H21FN2O2S/c1-25-17-8-4-7-15(21)18(17)19-22-16(12-26-19)20(24)23-10-9-13-5-2-3-6-14(13)11-23/h4,6-8,12-13H,2-3,5,9-11H2,1H3. The monoisotopic (exact) mass is 372 g/mol. The Balaban J connectivity index is 1.57. The van der Waals surface area contributed by atoms with Crippen molar-refractivity contribution < 1.29 is 13.9 Å². The number of methoxy groups -OCH3 is 1. The minimum atomic E-state index is -0.397. The number of halogens is 1. The van der Waals surface area contributed by atoms with E-state index in [4.69, 9.17) is 4.74 Å². The molecule has 0 saturated carbocycles. The maximum atomic E-state index is 14.3. The van der Waals surface area contributed by atoms with Crippen molar-refractivity contribution in [1.29, 1.82) is 0 Å². The molecule has 1 aliphatic heterocycles. The van der Waals surface area contributed by atoms with Crippen LogP contribution in [0, 0.1) is 11.7 Å². The Bertz CT molecular complexity index is 861. The van der Waals surface area contributed by atoms with Crippen LogP contribution in [0.5, 0.6) is 5.75 Å². The summed E-state index contributed by atoms with van der Waals surface area (Å²) in [6.07, 6.45) is 6.92. The number of nitrogens with zero attached hydrogens (tertiary/aromatic N) is 2. The van der Waals surface area contributed by atoms with E-state index in [-0.39, 0.29) is 5.91 Å². The molecule has 136 valence electrons. The van der Waals surface area contributed by atoms with E-state index in [1.54, 1.807) is 17.5 Å². The quantitative estimate of drug-likeness (QED) is 0.744. The predicted octanol–water partition coefficient (Wildman–Crippen LogP) is 4.53. The van der Waals surface area contributed by atoms with Crippen LogP contribution in [0.25, 0.3) is 10.6 Å². The molecule has 1 aromatic carbocycles. The maximum Gasteiger partial charge on any atom is 0.273 e. The van der Waals surface area contributed by atoms with Crippen LogP contribution < -0.4 is 4.74 Å². The number of fused-ring (bicyclic) bond motifs is 1. The van der Waals surface area contributed by atoms with E-state index in [2.05, 4.69) is 11.1 Å². The van der Waals surface area contributed by atoms with Crippen LogP contribution in [-0.4, -0.2) is 36.0 Å². The van der Waals surface area contributed by atoms with Gasteiger partial charge in [-0.05, 0) is 43.7 Å². The molecule has 2 aromatic rings. The molecule has 4 rings (SSSR count). The van der Waals surface area contributed by atoms with Gasteiger partial charge in [-0.3, -0.25) is 4.79 Å². The summed E-state index contributed by atoms with van der Waals surface area (Å²) in [5, 5.41) is 2.18. The number of allylic oxidation sites excluding steroid dienone is 1. The van der Waals surface area contributed by atoms with E-state index in [9.17, 15) is 9.18 Å². The average Bonchev–Trinajstić information content (AvgIpc) is 3.16. The minimum absolute atomic E-state index is 0.0762. The zero-order valence-electron chi connectivity index (χ0n) is 14.7. The number of piperidine rings is 1. The van der Waals surface area contributed by atoms with Crippen molar-refractivity contribution in [2.24, 2.45) is 5.92 Å². The molecule has 1 atom stereocenters. The van der Waals surface area contributed by atoms with Crippen LogP contribution in [0.4, 0.5) is 4.39 Å². The molecule has 0 radical (unpaired) electrons. The van der Waals surface area contributed by atoms with Gasteiger partial charge in [-0.25, -0.2) is 9.37 Å². The highest BCUT2D eigenvalue weighted by Gasteiger charge is 2.29. The van der Waals surface area contributed by atoms with Gasteiger partial charge >= 0.3 is 0 Å². The van der Waals surface area contributed by atoms with Gasteiger partial charge in [0.25, 0.3) is 5.91 Å². The molecule has 1 saturated heterocycles. The predicted molar refractivity (Wildman–Crippen MR) is 100 cm³/mol. The maximum absolute atomic E-state index is 14.3. The molecule has 26 heavy (non-hydrogen) atoms. The van der Waals surface area contributed by atoms with Crippen LogP contribution in [0.3, 0.4) is 0 Å². The van der Waals surface area contributed by atoms with E-state index in [0.717, 1.165) is 19.4 Å². The Hall–Kier alpha value is -2.21. The summed E-state index contributed by atoms with van der Waals surface area (Å²) in [5.74, 6) is 0.589. The van der Waals surface area contributed by atoms with Crippen molar-refractivity contribution in [3.63, 3.8) is 0 Å². The summed E-state index contributed by atoms with van der Waals surface area (Å²) in [6.45, 7) is 1.45. The van der Waals surface area contributed by atoms with E-state index < -0.39 is 5.82 Å². The summed E-state index contributed by atoms with van der Waals surface area (Å²) >= 11 is 1.27. The largest absolute Gasteiger partial charge is 0.496 e. The first kappa shape index (κ1) is 17.2. The number of hydrogen-bond acceptors (Lipinski definition) is 4. The molecule has 1 aliphatic carbocycles. The van der Waals surface area contributed by atoms with Gasteiger partial charge in [-0.2, -0.15) is 0 Å². The Morgan fingerprint density at radius 1 is 1.38 bits per heavy atom. The molecule has 0 bridgehead atoms. The lowest BCUT2D eigenvalue weighted by molar-refractivity contribution is 0.0725. The smallest absolute Gasteiger partial charge is 0.273 e. The molecule has 0 spiro atoms. The molecule has 4 nitrogen and oxygen atoms in total. The number of ether oxygens (including phenoxy) is 1. The number of thiazole rings is 1. The van der Waals surface area contributed by atoms with Crippen LogP contribution in [0.2, 0.25) is 0 Å². The fraction of sp³-hybridized carbons (Fsp3) is 0.400. The second-order valence-electron chi connectivity index (χ2n) is 6.78. The lowest BCUT2D eigenvalue weighted by atomic mass is 9.82. The summed E-state index contributed by atoms with van der Waals surface area (Å²) in [7, 11) is 1.50. The number of carbonyl (C=O) groups excluding carboxylic acids is 1. The zero-order chi connectivity index (χ0) is 18.1.